The van der Waals surface area contributed by atoms with Crippen molar-refractivity contribution in [2.45, 2.75) is 32.1 Å². The molecule has 0 aliphatic carbocycles. The molecule has 0 aliphatic rings. The summed E-state index contributed by atoms with van der Waals surface area (Å²) in [4.78, 5) is 0. The molecule has 25 heavy (non-hydrogen) atoms. The summed E-state index contributed by atoms with van der Waals surface area (Å²) in [7, 11) is 0. The number of rotatable bonds is 19. The summed E-state index contributed by atoms with van der Waals surface area (Å²) in [5.41, 5.74) is 21.3. The second-order valence-electron chi connectivity index (χ2n) is 5.92. The van der Waals surface area contributed by atoms with E-state index in [1.165, 1.54) is 12.8 Å². The largest absolute Gasteiger partial charge is 0.330 e. The van der Waals surface area contributed by atoms with E-state index in [2.05, 4.69) is 21.3 Å². The highest BCUT2D eigenvalue weighted by molar-refractivity contribution is 4.53. The van der Waals surface area contributed by atoms with Crippen LogP contribution in [0.1, 0.15) is 32.1 Å². The molecule has 0 rings (SSSR count). The SMILES string of the molecule is NCCCNCCCCNCCCN.NCCNCCCNCCN. The van der Waals surface area contributed by atoms with E-state index in [1.54, 1.807) is 0 Å². The average Bonchev–Trinajstić information content (AvgIpc) is 2.63. The molecule has 0 saturated carbocycles. The van der Waals surface area contributed by atoms with Crippen LogP contribution >= 0.6 is 0 Å². The topological polar surface area (TPSA) is 152 Å². The van der Waals surface area contributed by atoms with E-state index in [0.29, 0.717) is 0 Å². The van der Waals surface area contributed by atoms with Crippen LogP contribution in [0.3, 0.4) is 0 Å². The Balaban J connectivity index is 0. The number of hydrogen-bond acceptors (Lipinski definition) is 8. The van der Waals surface area contributed by atoms with Crippen molar-refractivity contribution < 1.29 is 0 Å². The van der Waals surface area contributed by atoms with Gasteiger partial charge in [-0.15, -0.1) is 0 Å². The maximum absolute atomic E-state index is 5.38. The van der Waals surface area contributed by atoms with Crippen LogP contribution in [0.25, 0.3) is 0 Å². The predicted octanol–water partition coefficient (Wildman–Crippen LogP) is -1.88. The van der Waals surface area contributed by atoms with Crippen LogP contribution in [0.15, 0.2) is 0 Å². The lowest BCUT2D eigenvalue weighted by atomic mass is 10.3. The molecule has 0 unspecified atom stereocenters. The minimum Gasteiger partial charge on any atom is -0.330 e. The van der Waals surface area contributed by atoms with Crippen LogP contribution in [0, 0.1) is 0 Å². The molecule has 0 aromatic rings. The Hall–Kier alpha value is -0.320. The first-order chi connectivity index (χ1) is 12.3. The van der Waals surface area contributed by atoms with Gasteiger partial charge in [0.05, 0.1) is 0 Å². The van der Waals surface area contributed by atoms with E-state index in [-0.39, 0.29) is 0 Å². The number of hydrogen-bond donors (Lipinski definition) is 8. The third kappa shape index (κ3) is 31.9. The summed E-state index contributed by atoms with van der Waals surface area (Å²) in [5, 5.41) is 13.2. The van der Waals surface area contributed by atoms with Crippen LogP contribution in [0.2, 0.25) is 0 Å². The van der Waals surface area contributed by atoms with Crippen LogP contribution in [-0.2, 0) is 0 Å². The van der Waals surface area contributed by atoms with E-state index >= 15 is 0 Å². The molecule has 0 heterocycles. The average molecular weight is 363 g/mol. The maximum atomic E-state index is 5.38. The van der Waals surface area contributed by atoms with E-state index in [4.69, 9.17) is 22.9 Å². The number of nitrogens with two attached hydrogens (primary N) is 4. The van der Waals surface area contributed by atoms with Crippen molar-refractivity contribution in [3.05, 3.63) is 0 Å². The summed E-state index contributed by atoms with van der Waals surface area (Å²) in [6.45, 7) is 11.2. The molecule has 0 aromatic heterocycles. The Morgan fingerprint density at radius 3 is 1.00 bits per heavy atom. The Kier molecular flexibility index (Phi) is 30.7. The van der Waals surface area contributed by atoms with Crippen LogP contribution < -0.4 is 44.2 Å². The standard InChI is InChI=1S/C10H26N4.C7H20N4/c11-5-3-9-13-7-1-2-8-14-10-4-6-12;8-2-6-10-4-1-5-11-7-3-9/h13-14H,1-12H2;10-11H,1-9H2. The molecule has 8 heteroatoms. The van der Waals surface area contributed by atoms with E-state index in [1.807, 2.05) is 0 Å². The zero-order chi connectivity index (χ0) is 18.8. The molecule has 0 bridgehead atoms. The Labute approximate surface area is 155 Å². The first-order valence-electron chi connectivity index (χ1n) is 9.96. The molecule has 0 spiro atoms. The fourth-order valence-electron chi connectivity index (χ4n) is 2.00. The van der Waals surface area contributed by atoms with Gasteiger partial charge in [-0.3, -0.25) is 0 Å². The van der Waals surface area contributed by atoms with Gasteiger partial charge in [-0.1, -0.05) is 0 Å². The van der Waals surface area contributed by atoms with Crippen molar-refractivity contribution in [3.8, 4) is 0 Å². The second kappa shape index (κ2) is 28.5. The molecular formula is C17H46N8. The van der Waals surface area contributed by atoms with Crippen molar-refractivity contribution in [1.82, 2.24) is 21.3 Å². The molecule has 8 nitrogen and oxygen atoms in total. The number of nitrogens with one attached hydrogen (secondary N) is 4. The Morgan fingerprint density at radius 2 is 0.640 bits per heavy atom. The van der Waals surface area contributed by atoms with Gasteiger partial charge in [-0.2, -0.15) is 0 Å². The van der Waals surface area contributed by atoms with Crippen molar-refractivity contribution in [1.29, 1.82) is 0 Å². The maximum Gasteiger partial charge on any atom is 0.00745 e. The van der Waals surface area contributed by atoms with Crippen molar-refractivity contribution in [3.63, 3.8) is 0 Å². The number of unbranched alkanes of at least 4 members (excludes halogenated alkanes) is 1. The lowest BCUT2D eigenvalue weighted by molar-refractivity contribution is 0.570. The normalized spacial score (nSPS) is 10.6. The molecule has 0 amide bonds. The highest BCUT2D eigenvalue weighted by Gasteiger charge is 1.89. The monoisotopic (exact) mass is 362 g/mol. The zero-order valence-electron chi connectivity index (χ0n) is 16.3. The highest BCUT2D eigenvalue weighted by atomic mass is 14.9. The van der Waals surface area contributed by atoms with Crippen molar-refractivity contribution >= 4 is 0 Å². The van der Waals surface area contributed by atoms with Crippen molar-refractivity contribution in [2.24, 2.45) is 22.9 Å². The summed E-state index contributed by atoms with van der Waals surface area (Å²) in [5.74, 6) is 0. The first kappa shape index (κ1) is 26.9. The second-order valence-corrected chi connectivity index (χ2v) is 5.92. The predicted molar refractivity (Wildman–Crippen MR) is 111 cm³/mol. The van der Waals surface area contributed by atoms with Gasteiger partial charge in [0.1, 0.15) is 0 Å². The molecule has 0 atom stereocenters. The van der Waals surface area contributed by atoms with Gasteiger partial charge in [0.2, 0.25) is 0 Å². The van der Waals surface area contributed by atoms with Gasteiger partial charge in [-0.25, -0.2) is 0 Å². The Bertz CT molecular complexity index is 187. The molecule has 0 aromatic carbocycles. The molecular weight excluding hydrogens is 316 g/mol. The minimum absolute atomic E-state index is 0.718. The fraction of sp³-hybridized carbons (Fsp3) is 1.00. The molecule has 154 valence electrons. The van der Waals surface area contributed by atoms with E-state index < -0.39 is 0 Å². The van der Waals surface area contributed by atoms with Crippen LogP contribution in [0.4, 0.5) is 0 Å². The van der Waals surface area contributed by atoms with Gasteiger partial charge in [0.25, 0.3) is 0 Å². The lowest BCUT2D eigenvalue weighted by Gasteiger charge is -2.04. The van der Waals surface area contributed by atoms with Gasteiger partial charge in [0.15, 0.2) is 0 Å². The molecule has 0 radical (unpaired) electrons. The molecule has 0 saturated heterocycles. The summed E-state index contributed by atoms with van der Waals surface area (Å²) in [6.07, 6.45) is 5.77. The molecule has 0 aliphatic heterocycles. The minimum atomic E-state index is 0.718. The van der Waals surface area contributed by atoms with Crippen LogP contribution in [-0.4, -0.2) is 78.5 Å². The van der Waals surface area contributed by atoms with Gasteiger partial charge >= 0.3 is 0 Å². The van der Waals surface area contributed by atoms with E-state index in [0.717, 1.165) is 97.8 Å². The van der Waals surface area contributed by atoms with Gasteiger partial charge in [-0.05, 0) is 84.5 Å². The summed E-state index contributed by atoms with van der Waals surface area (Å²) >= 11 is 0. The molecule has 0 fully saturated rings. The van der Waals surface area contributed by atoms with E-state index in [9.17, 15) is 0 Å². The smallest absolute Gasteiger partial charge is 0.00745 e. The lowest BCUT2D eigenvalue weighted by Crippen LogP contribution is -2.28. The summed E-state index contributed by atoms with van der Waals surface area (Å²) in [6, 6.07) is 0. The third-order valence-corrected chi connectivity index (χ3v) is 3.42. The fourth-order valence-corrected chi connectivity index (χ4v) is 2.00. The van der Waals surface area contributed by atoms with Gasteiger partial charge in [0, 0.05) is 26.2 Å². The highest BCUT2D eigenvalue weighted by Crippen LogP contribution is 1.85. The molecule has 12 N–H and O–H groups in total. The van der Waals surface area contributed by atoms with Crippen LogP contribution in [0.5, 0.6) is 0 Å². The third-order valence-electron chi connectivity index (χ3n) is 3.42. The summed E-state index contributed by atoms with van der Waals surface area (Å²) < 4.78 is 0. The van der Waals surface area contributed by atoms with Gasteiger partial charge < -0.3 is 44.2 Å². The first-order valence-corrected chi connectivity index (χ1v) is 9.96. The van der Waals surface area contributed by atoms with Crippen molar-refractivity contribution in [2.75, 3.05) is 78.5 Å². The zero-order valence-corrected chi connectivity index (χ0v) is 16.3. The Morgan fingerprint density at radius 1 is 0.320 bits per heavy atom. The quantitative estimate of drug-likeness (QED) is 0.124.